The largest absolute Gasteiger partial charge is 0.481 e. The average Bonchev–Trinajstić information content (AvgIpc) is 2.91. The number of hydrogen-bond acceptors (Lipinski definition) is 3. The molecule has 1 atom stereocenters. The number of benzene rings is 1. The molecule has 1 aromatic carbocycles. The van der Waals surface area contributed by atoms with Crippen LogP contribution in [0.5, 0.6) is 0 Å². The molecule has 4 nitrogen and oxygen atoms in total. The minimum absolute atomic E-state index is 0.180. The summed E-state index contributed by atoms with van der Waals surface area (Å²) in [6, 6.07) is 9.18. The first-order valence-electron chi connectivity index (χ1n) is 6.57. The van der Waals surface area contributed by atoms with Gasteiger partial charge in [-0.05, 0) is 30.5 Å². The summed E-state index contributed by atoms with van der Waals surface area (Å²) < 4.78 is 0. The van der Waals surface area contributed by atoms with Crippen molar-refractivity contribution in [3.63, 3.8) is 0 Å². The molecule has 0 spiro atoms. The van der Waals surface area contributed by atoms with Gasteiger partial charge in [-0.1, -0.05) is 25.0 Å². The molecule has 0 aliphatic heterocycles. The Balaban J connectivity index is 2.37. The van der Waals surface area contributed by atoms with Crippen LogP contribution in [0, 0.1) is 16.7 Å². The molecule has 4 heteroatoms. The van der Waals surface area contributed by atoms with Crippen molar-refractivity contribution in [3.05, 3.63) is 35.4 Å². The number of nitrogens with zero attached hydrogens (tertiary/aromatic N) is 1. The monoisotopic (exact) mass is 258 g/mol. The summed E-state index contributed by atoms with van der Waals surface area (Å²) in [6.07, 6.45) is 3.26. The van der Waals surface area contributed by atoms with Crippen LogP contribution in [0.4, 0.5) is 0 Å². The maximum Gasteiger partial charge on any atom is 0.310 e. The van der Waals surface area contributed by atoms with E-state index in [1.165, 1.54) is 0 Å². The van der Waals surface area contributed by atoms with Crippen molar-refractivity contribution in [1.82, 2.24) is 0 Å². The van der Waals surface area contributed by atoms with Crippen molar-refractivity contribution in [2.45, 2.75) is 31.6 Å². The fourth-order valence-electron chi connectivity index (χ4n) is 3.19. The number of carbonyl (C=O) groups is 1. The number of nitriles is 1. The lowest BCUT2D eigenvalue weighted by molar-refractivity contribution is -0.150. The molecular weight excluding hydrogens is 240 g/mol. The third kappa shape index (κ3) is 2.34. The van der Waals surface area contributed by atoms with Crippen molar-refractivity contribution < 1.29 is 9.90 Å². The van der Waals surface area contributed by atoms with Gasteiger partial charge in [-0.25, -0.2) is 0 Å². The second-order valence-corrected chi connectivity index (χ2v) is 5.19. The first-order valence-corrected chi connectivity index (χ1v) is 6.57. The van der Waals surface area contributed by atoms with Crippen LogP contribution in [0.3, 0.4) is 0 Å². The molecule has 100 valence electrons. The highest BCUT2D eigenvalue weighted by atomic mass is 16.4. The zero-order valence-corrected chi connectivity index (χ0v) is 10.8. The molecule has 2 rings (SSSR count). The summed E-state index contributed by atoms with van der Waals surface area (Å²) in [5.41, 5.74) is 6.62. The van der Waals surface area contributed by atoms with E-state index in [1.54, 1.807) is 12.1 Å². The average molecular weight is 258 g/mol. The molecule has 1 fully saturated rings. The zero-order chi connectivity index (χ0) is 13.9. The van der Waals surface area contributed by atoms with Crippen molar-refractivity contribution in [2.24, 2.45) is 11.1 Å². The maximum atomic E-state index is 11.7. The molecule has 1 aliphatic rings. The summed E-state index contributed by atoms with van der Waals surface area (Å²) in [4.78, 5) is 11.7. The standard InChI is InChI=1S/C15H18N2O2/c16-9-11-3-5-12(6-4-11)13(10-17)15(14(18)19)7-1-2-8-15/h3-6,13H,1-2,7-8,10,17H2,(H,18,19)/t13-/m0/s1. The Morgan fingerprint density at radius 1 is 1.37 bits per heavy atom. The Hall–Kier alpha value is -1.86. The Bertz CT molecular complexity index is 496. The predicted octanol–water partition coefficient (Wildman–Crippen LogP) is 2.25. The van der Waals surface area contributed by atoms with Gasteiger partial charge < -0.3 is 10.8 Å². The topological polar surface area (TPSA) is 87.1 Å². The Morgan fingerprint density at radius 2 is 1.95 bits per heavy atom. The molecule has 0 aromatic heterocycles. The van der Waals surface area contributed by atoms with Crippen molar-refractivity contribution in [3.8, 4) is 6.07 Å². The Labute approximate surface area is 112 Å². The predicted molar refractivity (Wildman–Crippen MR) is 71.5 cm³/mol. The minimum Gasteiger partial charge on any atom is -0.481 e. The minimum atomic E-state index is -0.746. The van der Waals surface area contributed by atoms with E-state index in [0.29, 0.717) is 24.9 Å². The van der Waals surface area contributed by atoms with E-state index in [2.05, 4.69) is 6.07 Å². The lowest BCUT2D eigenvalue weighted by Crippen LogP contribution is -2.38. The molecule has 19 heavy (non-hydrogen) atoms. The number of rotatable bonds is 4. The summed E-state index contributed by atoms with van der Waals surface area (Å²) in [5.74, 6) is -0.926. The molecule has 0 unspecified atom stereocenters. The zero-order valence-electron chi connectivity index (χ0n) is 10.8. The van der Waals surface area contributed by atoms with E-state index in [9.17, 15) is 9.90 Å². The first kappa shape index (κ1) is 13.6. The van der Waals surface area contributed by atoms with Gasteiger partial charge in [0, 0.05) is 12.5 Å². The number of hydrogen-bond donors (Lipinski definition) is 2. The Morgan fingerprint density at radius 3 is 2.37 bits per heavy atom. The van der Waals surface area contributed by atoms with E-state index >= 15 is 0 Å². The summed E-state index contributed by atoms with van der Waals surface area (Å²) in [6.45, 7) is 0.318. The second-order valence-electron chi connectivity index (χ2n) is 5.19. The SMILES string of the molecule is N#Cc1ccc([C@H](CN)C2(C(=O)O)CCCC2)cc1. The van der Waals surface area contributed by atoms with Crippen molar-refractivity contribution in [2.75, 3.05) is 6.54 Å². The third-order valence-corrected chi connectivity index (χ3v) is 4.27. The summed E-state index contributed by atoms with van der Waals surface area (Å²) >= 11 is 0. The highest BCUT2D eigenvalue weighted by molar-refractivity contribution is 5.76. The van der Waals surface area contributed by atoms with Crippen LogP contribution >= 0.6 is 0 Å². The molecule has 0 radical (unpaired) electrons. The fraction of sp³-hybridized carbons (Fsp3) is 0.467. The molecular formula is C15H18N2O2. The van der Waals surface area contributed by atoms with Crippen molar-refractivity contribution in [1.29, 1.82) is 5.26 Å². The summed E-state index contributed by atoms with van der Waals surface area (Å²) in [7, 11) is 0. The van der Waals surface area contributed by atoms with Gasteiger partial charge in [-0.2, -0.15) is 5.26 Å². The van der Waals surface area contributed by atoms with Crippen LogP contribution in [0.15, 0.2) is 24.3 Å². The van der Waals surface area contributed by atoms with E-state index in [-0.39, 0.29) is 5.92 Å². The van der Waals surface area contributed by atoms with Gasteiger partial charge in [-0.15, -0.1) is 0 Å². The highest BCUT2D eigenvalue weighted by Gasteiger charge is 2.47. The lowest BCUT2D eigenvalue weighted by atomic mass is 9.70. The fourth-order valence-corrected chi connectivity index (χ4v) is 3.19. The number of aliphatic carboxylic acids is 1. The molecule has 1 aromatic rings. The van der Waals surface area contributed by atoms with E-state index in [0.717, 1.165) is 18.4 Å². The van der Waals surface area contributed by atoms with Gasteiger partial charge in [0.25, 0.3) is 0 Å². The first-order chi connectivity index (χ1) is 9.14. The number of carboxylic acid groups (broad SMARTS) is 1. The number of nitrogens with two attached hydrogens (primary N) is 1. The third-order valence-electron chi connectivity index (χ3n) is 4.27. The quantitative estimate of drug-likeness (QED) is 0.867. The molecule has 0 bridgehead atoms. The van der Waals surface area contributed by atoms with Gasteiger partial charge in [-0.3, -0.25) is 4.79 Å². The molecule has 3 N–H and O–H groups in total. The van der Waals surface area contributed by atoms with Crippen LogP contribution in [0.25, 0.3) is 0 Å². The molecule has 1 saturated carbocycles. The second kappa shape index (κ2) is 5.41. The van der Waals surface area contributed by atoms with E-state index in [4.69, 9.17) is 11.0 Å². The van der Waals surface area contributed by atoms with Gasteiger partial charge >= 0.3 is 5.97 Å². The molecule has 0 amide bonds. The maximum absolute atomic E-state index is 11.7. The van der Waals surface area contributed by atoms with Crippen LogP contribution in [-0.4, -0.2) is 17.6 Å². The Kier molecular flexibility index (Phi) is 3.87. The van der Waals surface area contributed by atoms with Gasteiger partial charge in [0.2, 0.25) is 0 Å². The number of carboxylic acids is 1. The van der Waals surface area contributed by atoms with Gasteiger partial charge in [0.1, 0.15) is 0 Å². The van der Waals surface area contributed by atoms with Crippen LogP contribution in [0.1, 0.15) is 42.7 Å². The highest BCUT2D eigenvalue weighted by Crippen LogP contribution is 2.48. The van der Waals surface area contributed by atoms with E-state index in [1.807, 2.05) is 12.1 Å². The molecule has 0 saturated heterocycles. The smallest absolute Gasteiger partial charge is 0.310 e. The van der Waals surface area contributed by atoms with Crippen LogP contribution in [-0.2, 0) is 4.79 Å². The lowest BCUT2D eigenvalue weighted by Gasteiger charge is -2.33. The summed E-state index contributed by atoms with van der Waals surface area (Å²) in [5, 5.41) is 18.4. The van der Waals surface area contributed by atoms with Gasteiger partial charge in [0.15, 0.2) is 0 Å². The van der Waals surface area contributed by atoms with Gasteiger partial charge in [0.05, 0.1) is 17.0 Å². The normalized spacial score (nSPS) is 18.7. The molecule has 1 aliphatic carbocycles. The van der Waals surface area contributed by atoms with E-state index < -0.39 is 11.4 Å². The molecule has 0 heterocycles. The van der Waals surface area contributed by atoms with Crippen molar-refractivity contribution >= 4 is 5.97 Å². The van der Waals surface area contributed by atoms with Crippen LogP contribution in [0.2, 0.25) is 0 Å². The van der Waals surface area contributed by atoms with Crippen LogP contribution < -0.4 is 5.73 Å².